The van der Waals surface area contributed by atoms with Crippen LogP contribution in [0.5, 0.6) is 5.75 Å². The number of rotatable bonds is 14. The summed E-state index contributed by atoms with van der Waals surface area (Å²) in [6, 6.07) is 23.9. The molecule has 0 radical (unpaired) electrons. The van der Waals surface area contributed by atoms with Gasteiger partial charge >= 0.3 is 0 Å². The Labute approximate surface area is 232 Å². The van der Waals surface area contributed by atoms with Gasteiger partial charge in [-0.25, -0.2) is 23.2 Å². The molecule has 1 heterocycles. The van der Waals surface area contributed by atoms with Gasteiger partial charge in [-0.05, 0) is 42.0 Å². The molecule has 0 aromatic heterocycles. The summed E-state index contributed by atoms with van der Waals surface area (Å²) in [5.41, 5.74) is 4.55. The smallest absolute Gasteiger partial charge is 0.266 e. The summed E-state index contributed by atoms with van der Waals surface area (Å²) in [6.07, 6.45) is -0.656. The molecule has 40 heavy (non-hydrogen) atoms. The molecule has 4 rings (SSSR count). The number of hydrazine groups is 1. The van der Waals surface area contributed by atoms with Gasteiger partial charge in [0.1, 0.15) is 12.4 Å². The van der Waals surface area contributed by atoms with Crippen molar-refractivity contribution in [1.29, 1.82) is 0 Å². The zero-order valence-electron chi connectivity index (χ0n) is 21.8. The molecule has 3 aromatic rings. The number of aliphatic hydroxyl groups excluding tert-OH is 1. The molecule has 212 valence electrons. The summed E-state index contributed by atoms with van der Waals surface area (Å²) in [7, 11) is -3.77. The normalized spacial score (nSPS) is 18.6. The third-order valence-corrected chi connectivity index (χ3v) is 8.14. The first-order chi connectivity index (χ1) is 19.4. The van der Waals surface area contributed by atoms with Crippen LogP contribution in [0.4, 0.5) is 4.39 Å². The maximum atomic E-state index is 13.7. The number of alkyl halides is 1. The largest absolute Gasteiger partial charge is 0.494 e. The lowest BCUT2D eigenvalue weighted by molar-refractivity contribution is -0.130. The standard InChI is InChI=1S/C29H32FN3O6S/c30-17-18-31-33-28(35)29(16-21-40(36,37)25-10-5-2-6-11-25)26(22-8-3-1-4-9-22)39-27(32-29)23-12-14-24(15-13-23)38-20-7-19-34/h1-6,8-15,26,31,34H,7,16-21H2,(H,33,35)/t26-,29-/m0/s1. The number of hydrogen-bond acceptors (Lipinski definition) is 8. The lowest BCUT2D eigenvalue weighted by Gasteiger charge is -2.30. The summed E-state index contributed by atoms with van der Waals surface area (Å²) in [5.74, 6) is -0.274. The average Bonchev–Trinajstić information content (AvgIpc) is 3.39. The van der Waals surface area contributed by atoms with Crippen LogP contribution in [-0.2, 0) is 19.4 Å². The van der Waals surface area contributed by atoms with Gasteiger partial charge in [-0.1, -0.05) is 48.5 Å². The lowest BCUT2D eigenvalue weighted by atomic mass is 9.85. The van der Waals surface area contributed by atoms with Crippen molar-refractivity contribution in [3.8, 4) is 5.75 Å². The Kier molecular flexibility index (Phi) is 9.86. The molecule has 2 atom stereocenters. The first-order valence-electron chi connectivity index (χ1n) is 12.9. The van der Waals surface area contributed by atoms with Crippen molar-refractivity contribution in [2.45, 2.75) is 29.4 Å². The highest BCUT2D eigenvalue weighted by molar-refractivity contribution is 7.91. The Morgan fingerprint density at radius 1 is 1.02 bits per heavy atom. The van der Waals surface area contributed by atoms with Crippen LogP contribution in [-0.4, -0.2) is 63.1 Å². The molecule has 0 bridgehead atoms. The number of hydrogen-bond donors (Lipinski definition) is 3. The monoisotopic (exact) mass is 569 g/mol. The molecule has 0 saturated carbocycles. The van der Waals surface area contributed by atoms with Crippen molar-refractivity contribution < 1.29 is 32.2 Å². The maximum Gasteiger partial charge on any atom is 0.266 e. The molecule has 3 aromatic carbocycles. The van der Waals surface area contributed by atoms with Gasteiger partial charge in [0.2, 0.25) is 5.90 Å². The van der Waals surface area contributed by atoms with Crippen LogP contribution in [0.2, 0.25) is 0 Å². The molecular weight excluding hydrogens is 537 g/mol. The van der Waals surface area contributed by atoms with E-state index >= 15 is 0 Å². The highest BCUT2D eigenvalue weighted by Crippen LogP contribution is 2.43. The predicted molar refractivity (Wildman–Crippen MR) is 148 cm³/mol. The van der Waals surface area contributed by atoms with Gasteiger partial charge < -0.3 is 14.6 Å². The van der Waals surface area contributed by atoms with E-state index in [2.05, 4.69) is 10.9 Å². The Morgan fingerprint density at radius 3 is 2.35 bits per heavy atom. The second-order valence-corrected chi connectivity index (χ2v) is 11.3. The average molecular weight is 570 g/mol. The molecule has 11 heteroatoms. The number of aliphatic imine (C=N–C) groups is 1. The fourth-order valence-corrected chi connectivity index (χ4v) is 5.72. The summed E-state index contributed by atoms with van der Waals surface area (Å²) < 4.78 is 51.2. The maximum absolute atomic E-state index is 13.7. The zero-order valence-corrected chi connectivity index (χ0v) is 22.6. The summed E-state index contributed by atoms with van der Waals surface area (Å²) >= 11 is 0. The van der Waals surface area contributed by atoms with Gasteiger partial charge in [0, 0.05) is 31.6 Å². The fraction of sp³-hybridized carbons (Fsp3) is 0.310. The first kappa shape index (κ1) is 29.2. The second kappa shape index (κ2) is 13.5. The van der Waals surface area contributed by atoms with Gasteiger partial charge in [0.15, 0.2) is 21.5 Å². The Bertz CT molecular complexity index is 1390. The summed E-state index contributed by atoms with van der Waals surface area (Å²) in [5, 5.41) is 8.97. The number of carbonyl (C=O) groups is 1. The third kappa shape index (κ3) is 6.85. The van der Waals surface area contributed by atoms with Crippen LogP contribution in [0, 0.1) is 0 Å². The van der Waals surface area contributed by atoms with Crippen LogP contribution in [0.15, 0.2) is 94.8 Å². The number of sulfone groups is 1. The molecule has 9 nitrogen and oxygen atoms in total. The minimum Gasteiger partial charge on any atom is -0.494 e. The van der Waals surface area contributed by atoms with Crippen molar-refractivity contribution in [2.24, 2.45) is 4.99 Å². The van der Waals surface area contributed by atoms with Gasteiger partial charge in [0.05, 0.1) is 17.3 Å². The van der Waals surface area contributed by atoms with E-state index in [0.717, 1.165) is 0 Å². The number of carbonyl (C=O) groups excluding carboxylic acids is 1. The molecule has 0 unspecified atom stereocenters. The van der Waals surface area contributed by atoms with E-state index < -0.39 is 34.1 Å². The molecule has 1 aliphatic heterocycles. The van der Waals surface area contributed by atoms with Crippen LogP contribution in [0.1, 0.15) is 30.1 Å². The second-order valence-electron chi connectivity index (χ2n) is 9.15. The van der Waals surface area contributed by atoms with Crippen LogP contribution in [0.3, 0.4) is 0 Å². The Balaban J connectivity index is 1.72. The number of aliphatic hydroxyl groups is 1. The molecule has 1 aliphatic rings. The topological polar surface area (TPSA) is 126 Å². The number of amides is 1. The van der Waals surface area contributed by atoms with Crippen molar-refractivity contribution in [3.63, 3.8) is 0 Å². The van der Waals surface area contributed by atoms with Crippen LogP contribution >= 0.6 is 0 Å². The Hall–Kier alpha value is -3.80. The van der Waals surface area contributed by atoms with E-state index in [-0.39, 0.29) is 36.1 Å². The molecule has 0 aliphatic carbocycles. The lowest BCUT2D eigenvalue weighted by Crippen LogP contribution is -2.53. The van der Waals surface area contributed by atoms with Crippen molar-refractivity contribution in [1.82, 2.24) is 10.9 Å². The number of ether oxygens (including phenoxy) is 2. The number of nitrogens with one attached hydrogen (secondary N) is 2. The highest BCUT2D eigenvalue weighted by Gasteiger charge is 2.53. The molecule has 0 spiro atoms. The van der Waals surface area contributed by atoms with E-state index in [9.17, 15) is 17.6 Å². The van der Waals surface area contributed by atoms with Gasteiger partial charge in [-0.3, -0.25) is 10.2 Å². The molecular formula is C29H32FN3O6S. The van der Waals surface area contributed by atoms with Gasteiger partial charge in [0.25, 0.3) is 5.91 Å². The number of benzene rings is 3. The first-order valence-corrected chi connectivity index (χ1v) is 14.6. The quantitative estimate of drug-likeness (QED) is 0.201. The van der Waals surface area contributed by atoms with E-state index in [1.54, 1.807) is 66.7 Å². The van der Waals surface area contributed by atoms with Gasteiger partial charge in [-0.2, -0.15) is 0 Å². The zero-order chi connectivity index (χ0) is 28.4. The third-order valence-electron chi connectivity index (χ3n) is 6.41. The van der Waals surface area contributed by atoms with Crippen molar-refractivity contribution in [2.75, 3.05) is 32.2 Å². The summed E-state index contributed by atoms with van der Waals surface area (Å²) in [4.78, 5) is 18.6. The Morgan fingerprint density at radius 2 is 1.70 bits per heavy atom. The number of nitrogens with zero attached hydrogens (tertiary/aromatic N) is 1. The minimum absolute atomic E-state index is 0.0218. The molecule has 3 N–H and O–H groups in total. The van der Waals surface area contributed by atoms with E-state index in [1.807, 2.05) is 6.07 Å². The fourth-order valence-electron chi connectivity index (χ4n) is 4.33. The molecule has 1 amide bonds. The van der Waals surface area contributed by atoms with Crippen LogP contribution < -0.4 is 15.6 Å². The SMILES string of the molecule is O=C(NNCCF)[C@@]1(CCS(=O)(=O)c2ccccc2)N=C(c2ccc(OCCCO)cc2)O[C@H]1c1ccccc1. The number of halogens is 1. The van der Waals surface area contributed by atoms with Crippen molar-refractivity contribution in [3.05, 3.63) is 96.1 Å². The van der Waals surface area contributed by atoms with E-state index in [0.29, 0.717) is 29.9 Å². The van der Waals surface area contributed by atoms with Crippen LogP contribution in [0.25, 0.3) is 0 Å². The minimum atomic E-state index is -3.77. The van der Waals surface area contributed by atoms with Crippen molar-refractivity contribution >= 4 is 21.6 Å². The highest BCUT2D eigenvalue weighted by atomic mass is 32.2. The molecule has 0 saturated heterocycles. The van der Waals surface area contributed by atoms with E-state index in [4.69, 9.17) is 19.6 Å². The van der Waals surface area contributed by atoms with Gasteiger partial charge in [-0.15, -0.1) is 0 Å². The predicted octanol–water partition coefficient (Wildman–Crippen LogP) is 3.16. The van der Waals surface area contributed by atoms with E-state index in [1.165, 1.54) is 12.1 Å². The summed E-state index contributed by atoms with van der Waals surface area (Å²) in [6.45, 7) is -0.465. The molecule has 0 fully saturated rings.